The van der Waals surface area contributed by atoms with E-state index in [4.69, 9.17) is 4.74 Å². The number of methoxy groups -OCH3 is 1. The minimum atomic E-state index is -0.528. The number of carbonyl (C=O) groups is 1. The Kier molecular flexibility index (Phi) is 3.11. The zero-order chi connectivity index (χ0) is 16.0. The van der Waals surface area contributed by atoms with E-state index in [9.17, 15) is 9.18 Å². The quantitative estimate of drug-likeness (QED) is 0.696. The highest BCUT2D eigenvalue weighted by Gasteiger charge is 2.28. The van der Waals surface area contributed by atoms with Gasteiger partial charge in [0, 0.05) is 17.0 Å². The number of aromatic nitrogens is 3. The van der Waals surface area contributed by atoms with Crippen LogP contribution in [0.15, 0.2) is 36.5 Å². The van der Waals surface area contributed by atoms with Crippen LogP contribution in [-0.2, 0) is 4.74 Å². The number of carbonyl (C=O) groups excluding carboxylic acids is 1. The second-order valence-corrected chi connectivity index (χ2v) is 5.65. The molecular formula is C17H14FN3O2. The lowest BCUT2D eigenvalue weighted by Gasteiger charge is -2.10. The van der Waals surface area contributed by atoms with E-state index in [2.05, 4.69) is 14.8 Å². The summed E-state index contributed by atoms with van der Waals surface area (Å²) >= 11 is 0. The minimum Gasteiger partial charge on any atom is -0.464 e. The van der Waals surface area contributed by atoms with Gasteiger partial charge >= 0.3 is 5.97 Å². The minimum absolute atomic E-state index is 0.156. The number of fused-ring (bicyclic) bond motifs is 1. The van der Waals surface area contributed by atoms with Gasteiger partial charge in [-0.3, -0.25) is 0 Å². The predicted octanol–water partition coefficient (Wildman–Crippen LogP) is 3.36. The Bertz CT molecular complexity index is 915. The van der Waals surface area contributed by atoms with Crippen molar-refractivity contribution in [1.82, 2.24) is 14.8 Å². The lowest BCUT2D eigenvalue weighted by molar-refractivity contribution is 0.0592. The number of halogens is 1. The molecule has 3 aromatic rings. The summed E-state index contributed by atoms with van der Waals surface area (Å²) in [5, 5.41) is 8.66. The molecule has 1 aromatic carbocycles. The fourth-order valence-electron chi connectivity index (χ4n) is 2.85. The zero-order valence-corrected chi connectivity index (χ0v) is 12.5. The molecule has 1 aliphatic rings. The standard InChI is InChI=1S/C17H14FN3O2/c1-23-17(22)14-6-11(9-19-20-14)15-7-10-2-3-12(18)8-16(10)21(15)13-4-5-13/h2-3,6-9,13H,4-5H2,1H3. The maximum absolute atomic E-state index is 13.6. The van der Waals surface area contributed by atoms with Crippen molar-refractivity contribution in [2.24, 2.45) is 0 Å². The van der Waals surface area contributed by atoms with Crippen LogP contribution in [0, 0.1) is 5.82 Å². The predicted molar refractivity (Wildman–Crippen MR) is 82.5 cm³/mol. The smallest absolute Gasteiger partial charge is 0.358 e. The highest BCUT2D eigenvalue weighted by molar-refractivity contribution is 5.90. The fourth-order valence-corrected chi connectivity index (χ4v) is 2.85. The molecule has 0 unspecified atom stereocenters. The van der Waals surface area contributed by atoms with Crippen LogP contribution in [0.5, 0.6) is 0 Å². The maximum Gasteiger partial charge on any atom is 0.358 e. The van der Waals surface area contributed by atoms with Crippen molar-refractivity contribution in [2.45, 2.75) is 18.9 Å². The van der Waals surface area contributed by atoms with E-state index < -0.39 is 5.97 Å². The summed E-state index contributed by atoms with van der Waals surface area (Å²) in [5.41, 5.74) is 2.69. The first kappa shape index (κ1) is 13.9. The molecule has 0 spiro atoms. The molecule has 0 radical (unpaired) electrons. The average molecular weight is 311 g/mol. The summed E-state index contributed by atoms with van der Waals surface area (Å²) in [6.07, 6.45) is 3.74. The third kappa shape index (κ3) is 2.36. The molecular weight excluding hydrogens is 297 g/mol. The second kappa shape index (κ2) is 5.15. The van der Waals surface area contributed by atoms with Crippen molar-refractivity contribution in [3.8, 4) is 11.3 Å². The zero-order valence-electron chi connectivity index (χ0n) is 12.5. The summed E-state index contributed by atoms with van der Waals surface area (Å²) in [6, 6.07) is 8.77. The van der Waals surface area contributed by atoms with Crippen LogP contribution in [-0.4, -0.2) is 27.8 Å². The third-order valence-electron chi connectivity index (χ3n) is 4.06. The fraction of sp³-hybridized carbons (Fsp3) is 0.235. The Hall–Kier alpha value is -2.76. The summed E-state index contributed by atoms with van der Waals surface area (Å²) in [7, 11) is 1.31. The summed E-state index contributed by atoms with van der Waals surface area (Å²) < 4.78 is 20.4. The first-order valence-corrected chi connectivity index (χ1v) is 7.39. The summed E-state index contributed by atoms with van der Waals surface area (Å²) in [5.74, 6) is -0.786. The molecule has 1 saturated carbocycles. The molecule has 6 heteroatoms. The van der Waals surface area contributed by atoms with Crippen LogP contribution in [0.2, 0.25) is 0 Å². The van der Waals surface area contributed by atoms with Crippen molar-refractivity contribution in [3.05, 3.63) is 48.0 Å². The van der Waals surface area contributed by atoms with E-state index >= 15 is 0 Å². The van der Waals surface area contributed by atoms with Gasteiger partial charge in [0.05, 0.1) is 24.5 Å². The van der Waals surface area contributed by atoms with Crippen LogP contribution >= 0.6 is 0 Å². The van der Waals surface area contributed by atoms with E-state index in [1.54, 1.807) is 24.4 Å². The number of benzene rings is 1. The van der Waals surface area contributed by atoms with Gasteiger partial charge in [0.15, 0.2) is 5.69 Å². The Morgan fingerprint density at radius 3 is 2.87 bits per heavy atom. The molecule has 0 saturated heterocycles. The molecule has 116 valence electrons. The molecule has 2 heterocycles. The van der Waals surface area contributed by atoms with E-state index in [0.29, 0.717) is 6.04 Å². The number of esters is 1. The van der Waals surface area contributed by atoms with Gasteiger partial charge in [0.25, 0.3) is 0 Å². The van der Waals surface area contributed by atoms with Crippen molar-refractivity contribution >= 4 is 16.9 Å². The average Bonchev–Trinajstić information content (AvgIpc) is 3.34. The molecule has 0 aliphatic heterocycles. The van der Waals surface area contributed by atoms with Gasteiger partial charge in [-0.1, -0.05) is 0 Å². The number of ether oxygens (including phenoxy) is 1. The Balaban J connectivity index is 1.92. The molecule has 2 aromatic heterocycles. The lowest BCUT2D eigenvalue weighted by atomic mass is 10.2. The SMILES string of the molecule is COC(=O)c1cc(-c2cc3ccc(F)cc3n2C2CC2)cnn1. The maximum atomic E-state index is 13.6. The van der Waals surface area contributed by atoms with Crippen molar-refractivity contribution in [2.75, 3.05) is 7.11 Å². The normalized spacial score (nSPS) is 14.2. The van der Waals surface area contributed by atoms with E-state index in [1.807, 2.05) is 6.07 Å². The van der Waals surface area contributed by atoms with Crippen LogP contribution in [0.3, 0.4) is 0 Å². The highest BCUT2D eigenvalue weighted by Crippen LogP contribution is 2.42. The molecule has 0 atom stereocenters. The number of hydrogen-bond acceptors (Lipinski definition) is 4. The van der Waals surface area contributed by atoms with Gasteiger partial charge in [-0.2, -0.15) is 5.10 Å². The summed E-state index contributed by atoms with van der Waals surface area (Å²) in [4.78, 5) is 11.7. The third-order valence-corrected chi connectivity index (χ3v) is 4.06. The number of hydrogen-bond donors (Lipinski definition) is 0. The van der Waals surface area contributed by atoms with Crippen LogP contribution in [0.1, 0.15) is 29.4 Å². The Morgan fingerprint density at radius 2 is 2.13 bits per heavy atom. The molecule has 0 bridgehead atoms. The van der Waals surface area contributed by atoms with Gasteiger partial charge in [0.1, 0.15) is 5.82 Å². The number of rotatable bonds is 3. The first-order chi connectivity index (χ1) is 11.2. The van der Waals surface area contributed by atoms with Gasteiger partial charge in [-0.15, -0.1) is 5.10 Å². The van der Waals surface area contributed by atoms with E-state index in [0.717, 1.165) is 35.0 Å². The van der Waals surface area contributed by atoms with Crippen LogP contribution in [0.25, 0.3) is 22.2 Å². The topological polar surface area (TPSA) is 57.0 Å². The molecule has 0 N–H and O–H groups in total. The second-order valence-electron chi connectivity index (χ2n) is 5.65. The molecule has 1 fully saturated rings. The molecule has 1 aliphatic carbocycles. The Labute approximate surface area is 131 Å². The number of nitrogens with zero attached hydrogens (tertiary/aromatic N) is 3. The van der Waals surface area contributed by atoms with Gasteiger partial charge in [-0.05, 0) is 43.2 Å². The molecule has 0 amide bonds. The molecule has 4 rings (SSSR count). The monoisotopic (exact) mass is 311 g/mol. The van der Waals surface area contributed by atoms with Crippen molar-refractivity contribution in [1.29, 1.82) is 0 Å². The highest BCUT2D eigenvalue weighted by atomic mass is 19.1. The van der Waals surface area contributed by atoms with Gasteiger partial charge < -0.3 is 9.30 Å². The molecule has 23 heavy (non-hydrogen) atoms. The largest absolute Gasteiger partial charge is 0.464 e. The van der Waals surface area contributed by atoms with Crippen LogP contribution in [0.4, 0.5) is 4.39 Å². The van der Waals surface area contributed by atoms with Crippen LogP contribution < -0.4 is 0 Å². The van der Waals surface area contributed by atoms with Crippen molar-refractivity contribution < 1.29 is 13.9 Å². The van der Waals surface area contributed by atoms with Gasteiger partial charge in [0.2, 0.25) is 0 Å². The van der Waals surface area contributed by atoms with Crippen molar-refractivity contribution in [3.63, 3.8) is 0 Å². The Morgan fingerprint density at radius 1 is 1.30 bits per heavy atom. The summed E-state index contributed by atoms with van der Waals surface area (Å²) in [6.45, 7) is 0. The van der Waals surface area contributed by atoms with E-state index in [1.165, 1.54) is 13.2 Å². The van der Waals surface area contributed by atoms with Gasteiger partial charge in [-0.25, -0.2) is 9.18 Å². The molecule has 5 nitrogen and oxygen atoms in total. The first-order valence-electron chi connectivity index (χ1n) is 7.39. The lowest BCUT2D eigenvalue weighted by Crippen LogP contribution is -2.06. The van der Waals surface area contributed by atoms with E-state index in [-0.39, 0.29) is 11.5 Å².